The molecular weight excluding hydrogens is 499 g/mol. The number of rotatable bonds is 8. The van der Waals surface area contributed by atoms with E-state index in [-0.39, 0.29) is 36.4 Å². The molecule has 2 N–H and O–H groups in total. The Morgan fingerprint density at radius 3 is 2.50 bits per heavy atom. The normalized spacial score (nSPS) is 20.8. The number of halogens is 3. The van der Waals surface area contributed by atoms with Crippen LogP contribution in [-0.4, -0.2) is 65.6 Å². The van der Waals surface area contributed by atoms with Crippen LogP contribution < -0.4 is 10.1 Å². The maximum atomic E-state index is 13.5. The second-order valence-corrected chi connectivity index (χ2v) is 10.5. The minimum absolute atomic E-state index is 0.0142. The van der Waals surface area contributed by atoms with Crippen molar-refractivity contribution in [1.82, 2.24) is 9.80 Å². The highest BCUT2D eigenvalue weighted by Gasteiger charge is 2.35. The van der Waals surface area contributed by atoms with Gasteiger partial charge in [0.15, 0.2) is 0 Å². The monoisotopic (exact) mass is 533 g/mol. The molecular formula is C28H34F3N3O4. The standard InChI is InChI=1S/C28H34F3N3O4/c1-17-13-34(18(2)16-35)27(37)23-12-22(32-26(36)20-6-7-20)10-11-24(23)38-25(17)15-33(3)14-19-4-8-21(9-5-19)28(29,30)31/h4-5,8-12,17-18,20,25,35H,6-7,13-16H2,1-3H3,(H,32,36)/t17-,18+,25+/m0/s1. The Morgan fingerprint density at radius 1 is 1.21 bits per heavy atom. The molecule has 2 amide bonds. The van der Waals surface area contributed by atoms with E-state index in [9.17, 15) is 27.9 Å². The maximum absolute atomic E-state index is 13.5. The van der Waals surface area contributed by atoms with Crippen LogP contribution in [-0.2, 0) is 17.5 Å². The Hall–Kier alpha value is -3.11. The number of aliphatic hydroxyl groups excluding tert-OH is 1. The van der Waals surface area contributed by atoms with Crippen molar-refractivity contribution >= 4 is 17.5 Å². The summed E-state index contributed by atoms with van der Waals surface area (Å²) < 4.78 is 45.1. The second kappa shape index (κ2) is 11.3. The maximum Gasteiger partial charge on any atom is 0.416 e. The molecule has 3 atom stereocenters. The Bertz CT molecular complexity index is 1150. The molecule has 0 bridgehead atoms. The van der Waals surface area contributed by atoms with E-state index in [2.05, 4.69) is 5.32 Å². The van der Waals surface area contributed by atoms with Crippen LogP contribution in [0.5, 0.6) is 5.75 Å². The smallest absolute Gasteiger partial charge is 0.416 e. The highest BCUT2D eigenvalue weighted by atomic mass is 19.4. The predicted octanol–water partition coefficient (Wildman–Crippen LogP) is 4.41. The highest BCUT2D eigenvalue weighted by Crippen LogP contribution is 2.33. The number of nitrogens with zero attached hydrogens (tertiary/aromatic N) is 2. The number of likely N-dealkylation sites (N-methyl/N-ethyl adjacent to an activating group) is 1. The van der Waals surface area contributed by atoms with Crippen molar-refractivity contribution < 1.29 is 32.6 Å². The van der Waals surface area contributed by atoms with Gasteiger partial charge in [0.2, 0.25) is 5.91 Å². The Labute approximate surface area is 220 Å². The molecule has 1 aliphatic carbocycles. The first-order chi connectivity index (χ1) is 18.0. The van der Waals surface area contributed by atoms with Crippen molar-refractivity contribution in [3.63, 3.8) is 0 Å². The van der Waals surface area contributed by atoms with Gasteiger partial charge >= 0.3 is 6.18 Å². The van der Waals surface area contributed by atoms with Crippen LogP contribution in [0.2, 0.25) is 0 Å². The molecule has 38 heavy (non-hydrogen) atoms. The number of benzene rings is 2. The first-order valence-corrected chi connectivity index (χ1v) is 12.8. The number of hydrogen-bond acceptors (Lipinski definition) is 5. The van der Waals surface area contributed by atoms with Gasteiger partial charge in [-0.05, 0) is 62.7 Å². The van der Waals surface area contributed by atoms with Crippen molar-refractivity contribution in [3.05, 3.63) is 59.2 Å². The topological polar surface area (TPSA) is 82.1 Å². The van der Waals surface area contributed by atoms with E-state index in [1.165, 1.54) is 12.1 Å². The average molecular weight is 534 g/mol. The summed E-state index contributed by atoms with van der Waals surface area (Å²) in [6.45, 7) is 4.76. The molecule has 0 aromatic heterocycles. The lowest BCUT2D eigenvalue weighted by molar-refractivity contribution is -0.137. The third-order valence-corrected chi connectivity index (χ3v) is 7.11. The van der Waals surface area contributed by atoms with Crippen LogP contribution in [0.4, 0.5) is 18.9 Å². The van der Waals surface area contributed by atoms with E-state index in [1.807, 2.05) is 18.9 Å². The van der Waals surface area contributed by atoms with Crippen molar-refractivity contribution in [2.45, 2.75) is 51.6 Å². The number of amides is 2. The van der Waals surface area contributed by atoms with Crippen LogP contribution in [0.3, 0.4) is 0 Å². The van der Waals surface area contributed by atoms with Gasteiger partial charge < -0.3 is 20.1 Å². The fourth-order valence-corrected chi connectivity index (χ4v) is 4.59. The summed E-state index contributed by atoms with van der Waals surface area (Å²) in [4.78, 5) is 29.4. The molecule has 0 radical (unpaired) electrons. The van der Waals surface area contributed by atoms with Crippen molar-refractivity contribution in [2.24, 2.45) is 11.8 Å². The zero-order chi connectivity index (χ0) is 27.6. The first-order valence-electron chi connectivity index (χ1n) is 12.8. The zero-order valence-corrected chi connectivity index (χ0v) is 21.8. The molecule has 0 spiro atoms. The van der Waals surface area contributed by atoms with E-state index >= 15 is 0 Å². The minimum Gasteiger partial charge on any atom is -0.488 e. The lowest BCUT2D eigenvalue weighted by atomic mass is 9.99. The number of alkyl halides is 3. The van der Waals surface area contributed by atoms with Crippen LogP contribution in [0, 0.1) is 11.8 Å². The van der Waals surface area contributed by atoms with Crippen molar-refractivity contribution in [1.29, 1.82) is 0 Å². The van der Waals surface area contributed by atoms with E-state index < -0.39 is 17.8 Å². The Balaban J connectivity index is 1.54. The number of hydrogen-bond donors (Lipinski definition) is 2. The second-order valence-electron chi connectivity index (χ2n) is 10.5. The van der Waals surface area contributed by atoms with E-state index in [0.29, 0.717) is 36.6 Å². The summed E-state index contributed by atoms with van der Waals surface area (Å²) in [6.07, 6.45) is -3.00. The van der Waals surface area contributed by atoms with Crippen molar-refractivity contribution in [2.75, 3.05) is 32.1 Å². The number of anilines is 1. The largest absolute Gasteiger partial charge is 0.488 e. The predicted molar refractivity (Wildman–Crippen MR) is 137 cm³/mol. The average Bonchev–Trinajstić information content (AvgIpc) is 3.71. The molecule has 10 heteroatoms. The minimum atomic E-state index is -4.38. The third kappa shape index (κ3) is 6.66. The summed E-state index contributed by atoms with van der Waals surface area (Å²) in [7, 11) is 1.86. The quantitative estimate of drug-likeness (QED) is 0.526. The van der Waals surface area contributed by atoms with Gasteiger partial charge in [-0.3, -0.25) is 14.5 Å². The van der Waals surface area contributed by atoms with Crippen LogP contribution in [0.15, 0.2) is 42.5 Å². The van der Waals surface area contributed by atoms with Gasteiger partial charge in [0, 0.05) is 37.2 Å². The summed E-state index contributed by atoms with van der Waals surface area (Å²) in [6, 6.07) is 9.68. The third-order valence-electron chi connectivity index (χ3n) is 7.11. The molecule has 0 saturated heterocycles. The molecule has 2 aromatic rings. The lowest BCUT2D eigenvalue weighted by Gasteiger charge is -2.38. The molecule has 2 aliphatic rings. The summed E-state index contributed by atoms with van der Waals surface area (Å²) >= 11 is 0. The summed E-state index contributed by atoms with van der Waals surface area (Å²) in [5.74, 6) is -0.0617. The van der Waals surface area contributed by atoms with Crippen LogP contribution >= 0.6 is 0 Å². The summed E-state index contributed by atoms with van der Waals surface area (Å²) in [5.41, 5.74) is 0.870. The number of carbonyl (C=O) groups excluding carboxylic acids is 2. The number of ether oxygens (including phenoxy) is 1. The fraction of sp³-hybridized carbons (Fsp3) is 0.500. The molecule has 4 rings (SSSR count). The molecule has 1 fully saturated rings. The van der Waals surface area contributed by atoms with Crippen molar-refractivity contribution in [3.8, 4) is 5.75 Å². The van der Waals surface area contributed by atoms with Crippen LogP contribution in [0.1, 0.15) is 48.2 Å². The first kappa shape index (κ1) is 27.9. The van der Waals surface area contributed by atoms with E-state index in [4.69, 9.17) is 4.74 Å². The Kier molecular flexibility index (Phi) is 8.32. The number of aliphatic hydroxyl groups is 1. The molecule has 206 valence electrons. The number of carbonyl (C=O) groups is 2. The van der Waals surface area contributed by atoms with E-state index in [0.717, 1.165) is 30.5 Å². The fourth-order valence-electron chi connectivity index (χ4n) is 4.59. The van der Waals surface area contributed by atoms with Gasteiger partial charge in [0.25, 0.3) is 5.91 Å². The number of nitrogens with one attached hydrogen (secondary N) is 1. The highest BCUT2D eigenvalue weighted by molar-refractivity contribution is 6.00. The molecule has 7 nitrogen and oxygen atoms in total. The zero-order valence-electron chi connectivity index (χ0n) is 21.8. The van der Waals surface area contributed by atoms with Crippen LogP contribution in [0.25, 0.3) is 0 Å². The van der Waals surface area contributed by atoms with Gasteiger partial charge in [-0.15, -0.1) is 0 Å². The van der Waals surface area contributed by atoms with Gasteiger partial charge in [0.05, 0.1) is 23.8 Å². The SMILES string of the molecule is C[C@H](CO)N1C[C@H](C)[C@@H](CN(C)Cc2ccc(C(F)(F)F)cc2)Oc2ccc(NC(=O)C3CC3)cc2C1=O. The van der Waals surface area contributed by atoms with Gasteiger partial charge in [0.1, 0.15) is 11.9 Å². The molecule has 1 heterocycles. The van der Waals surface area contributed by atoms with Gasteiger partial charge in [-0.2, -0.15) is 13.2 Å². The number of fused-ring (bicyclic) bond motifs is 1. The molecule has 1 saturated carbocycles. The molecule has 0 unspecified atom stereocenters. The summed E-state index contributed by atoms with van der Waals surface area (Å²) in [5, 5.41) is 12.7. The van der Waals surface area contributed by atoms with Gasteiger partial charge in [-0.25, -0.2) is 0 Å². The van der Waals surface area contributed by atoms with Gasteiger partial charge in [-0.1, -0.05) is 19.1 Å². The molecule has 2 aromatic carbocycles. The lowest BCUT2D eigenvalue weighted by Crippen LogP contribution is -2.49. The Morgan fingerprint density at radius 2 is 1.89 bits per heavy atom. The van der Waals surface area contributed by atoms with E-state index in [1.54, 1.807) is 30.0 Å². The molecule has 1 aliphatic heterocycles.